The summed E-state index contributed by atoms with van der Waals surface area (Å²) in [7, 11) is 0. The van der Waals surface area contributed by atoms with Crippen LogP contribution in [0.3, 0.4) is 0 Å². The number of anilines is 2. The minimum Gasteiger partial charge on any atom is -0.509 e. The zero-order chi connectivity index (χ0) is 49.2. The molecule has 0 unspecified atom stereocenters. The third-order valence-corrected chi connectivity index (χ3v) is 13.9. The van der Waals surface area contributed by atoms with Gasteiger partial charge in [-0.3, -0.25) is 0 Å². The van der Waals surface area contributed by atoms with E-state index in [1.54, 1.807) is 0 Å². The standard InChI is InChI=1S/C65H63N4O.Pt/c1-62(2,3)48-31-32-66-61(39-48)69-58-30-27-49(65(10,11)47-25-19-14-20-26-47)38-57(58)56-29-28-54(41-59(56)69)70-55-34-46(44-21-15-12-16-22-44)33-52(40-55)67-42-60(45-23-17-13-18-24-45)68(43-67)53-36-50(63(4,5)6)35-51(37-53)64(7,8)9;/h12-39,42-43H,1-11H3;/q-3;. The van der Waals surface area contributed by atoms with Crippen molar-refractivity contribution in [3.63, 3.8) is 0 Å². The maximum atomic E-state index is 6.96. The van der Waals surface area contributed by atoms with Gasteiger partial charge in [0.1, 0.15) is 5.82 Å². The fraction of sp³-hybridized carbons (Fsp3) is 0.231. The molecule has 7 aromatic carbocycles. The van der Waals surface area contributed by atoms with E-state index in [1.807, 2.05) is 12.3 Å². The van der Waals surface area contributed by atoms with Gasteiger partial charge in [0.2, 0.25) is 0 Å². The number of fused-ring (bicyclic) bond motifs is 3. The van der Waals surface area contributed by atoms with Crippen molar-refractivity contribution >= 4 is 38.9 Å². The van der Waals surface area contributed by atoms with Crippen LogP contribution in [0.4, 0.5) is 11.4 Å². The number of aromatic nitrogens is 2. The van der Waals surface area contributed by atoms with E-state index < -0.39 is 0 Å². The van der Waals surface area contributed by atoms with Crippen molar-refractivity contribution in [2.24, 2.45) is 0 Å². The minimum atomic E-state index is -0.217. The smallest absolute Gasteiger partial charge is 0.135 e. The summed E-state index contributed by atoms with van der Waals surface area (Å²) in [5.41, 5.74) is 14.1. The Bertz CT molecular complexity index is 3370. The van der Waals surface area contributed by atoms with Gasteiger partial charge in [-0.1, -0.05) is 191 Å². The van der Waals surface area contributed by atoms with Crippen molar-refractivity contribution in [2.45, 2.75) is 97.8 Å². The molecule has 5 nitrogen and oxygen atoms in total. The Kier molecular flexibility index (Phi) is 13.1. The van der Waals surface area contributed by atoms with Crippen LogP contribution in [0, 0.1) is 18.8 Å². The van der Waals surface area contributed by atoms with Gasteiger partial charge in [-0.2, -0.15) is 6.07 Å². The van der Waals surface area contributed by atoms with Gasteiger partial charge in [0.15, 0.2) is 0 Å². The van der Waals surface area contributed by atoms with Crippen LogP contribution in [0.1, 0.15) is 110 Å². The molecule has 3 heterocycles. The number of nitrogens with zero attached hydrogens (tertiary/aromatic N) is 4. The molecule has 71 heavy (non-hydrogen) atoms. The van der Waals surface area contributed by atoms with Crippen LogP contribution in [-0.4, -0.2) is 9.55 Å². The van der Waals surface area contributed by atoms with E-state index in [0.29, 0.717) is 11.5 Å². The van der Waals surface area contributed by atoms with Gasteiger partial charge < -0.3 is 19.1 Å². The van der Waals surface area contributed by atoms with E-state index in [1.165, 1.54) is 27.8 Å². The van der Waals surface area contributed by atoms with Gasteiger partial charge >= 0.3 is 0 Å². The van der Waals surface area contributed by atoms with E-state index >= 15 is 0 Å². The SMILES string of the molecule is CC(C)(C)c1cc(N2[CH-]N(c3[c-]c(Oc4[c-]c5c(cc4)c4cc(C(C)(C)c6ccccc6)ccc4n5-c4cc(C(C)(C)C)ccn4)cc(-c4ccccc4)c3)C=C2c2ccccc2)cc(C(C)(C)C)c1.[Pt]. The average Bonchev–Trinajstić information content (AvgIpc) is 3.94. The third-order valence-electron chi connectivity index (χ3n) is 13.9. The Labute approximate surface area is 436 Å². The monoisotopic (exact) mass is 1110 g/mol. The van der Waals surface area contributed by atoms with Crippen molar-refractivity contribution in [3.8, 4) is 28.4 Å². The molecule has 2 aromatic heterocycles. The summed E-state index contributed by atoms with van der Waals surface area (Å²) in [6.45, 7) is 27.2. The van der Waals surface area contributed by atoms with Crippen molar-refractivity contribution in [1.82, 2.24) is 9.55 Å². The van der Waals surface area contributed by atoms with Crippen LogP contribution in [-0.2, 0) is 42.7 Å². The van der Waals surface area contributed by atoms with Gasteiger partial charge in [0.05, 0.1) is 0 Å². The maximum Gasteiger partial charge on any atom is 0.135 e. The molecule has 0 amide bonds. The Balaban J connectivity index is 0.00000624. The van der Waals surface area contributed by atoms with Crippen LogP contribution < -0.4 is 14.5 Å². The fourth-order valence-corrected chi connectivity index (χ4v) is 9.47. The molecule has 0 saturated heterocycles. The first kappa shape index (κ1) is 49.3. The summed E-state index contributed by atoms with van der Waals surface area (Å²) >= 11 is 0. The van der Waals surface area contributed by atoms with Gasteiger partial charge in [0.25, 0.3) is 0 Å². The van der Waals surface area contributed by atoms with E-state index in [0.717, 1.165) is 61.4 Å². The summed E-state index contributed by atoms with van der Waals surface area (Å²) in [5, 5.41) is 2.22. The summed E-state index contributed by atoms with van der Waals surface area (Å²) in [4.78, 5) is 9.49. The van der Waals surface area contributed by atoms with Crippen LogP contribution in [0.2, 0.25) is 0 Å². The van der Waals surface area contributed by atoms with Gasteiger partial charge in [-0.15, -0.1) is 53.6 Å². The molecular weight excluding hydrogens is 1050 g/mol. The Hall–Kier alpha value is -6.68. The summed E-state index contributed by atoms with van der Waals surface area (Å²) in [5.74, 6) is 2.01. The van der Waals surface area contributed by atoms with Crippen molar-refractivity contribution in [3.05, 3.63) is 228 Å². The molecule has 1 aliphatic rings. The predicted octanol–water partition coefficient (Wildman–Crippen LogP) is 16.9. The molecule has 6 heteroatoms. The summed E-state index contributed by atoms with van der Waals surface area (Å²) in [6, 6.07) is 66.1. The number of benzene rings is 7. The minimum absolute atomic E-state index is 0. The summed E-state index contributed by atoms with van der Waals surface area (Å²) < 4.78 is 9.20. The largest absolute Gasteiger partial charge is 0.509 e. The second-order valence-electron chi connectivity index (χ2n) is 22.4. The van der Waals surface area contributed by atoms with Crippen LogP contribution in [0.25, 0.3) is 44.4 Å². The molecule has 10 rings (SSSR count). The van der Waals surface area contributed by atoms with Gasteiger partial charge in [-0.25, -0.2) is 4.98 Å². The van der Waals surface area contributed by atoms with Crippen molar-refractivity contribution in [2.75, 3.05) is 9.80 Å². The molecule has 0 N–H and O–H groups in total. The van der Waals surface area contributed by atoms with Crippen LogP contribution >= 0.6 is 0 Å². The van der Waals surface area contributed by atoms with E-state index in [-0.39, 0.29) is 42.7 Å². The molecule has 1 aliphatic heterocycles. The molecule has 0 aliphatic carbocycles. The molecule has 0 fully saturated rings. The molecule has 0 radical (unpaired) electrons. The molecule has 9 aromatic rings. The molecule has 0 saturated carbocycles. The maximum absolute atomic E-state index is 6.96. The Morgan fingerprint density at radius 1 is 0.493 bits per heavy atom. The van der Waals surface area contributed by atoms with Crippen molar-refractivity contribution < 1.29 is 25.8 Å². The molecular formula is C65H63N4OPt-3. The number of rotatable bonds is 9. The van der Waals surface area contributed by atoms with Crippen LogP contribution in [0.15, 0.2) is 176 Å². The average molecular weight is 1110 g/mol. The van der Waals surface area contributed by atoms with Gasteiger partial charge in [0, 0.05) is 61.1 Å². The van der Waals surface area contributed by atoms with Crippen LogP contribution in [0.5, 0.6) is 11.5 Å². The quantitative estimate of drug-likeness (QED) is 0.135. The molecule has 0 bridgehead atoms. The van der Waals surface area contributed by atoms with E-state index in [9.17, 15) is 0 Å². The van der Waals surface area contributed by atoms with Gasteiger partial charge in [-0.05, 0) is 97.1 Å². The second kappa shape index (κ2) is 18.8. The first-order valence-corrected chi connectivity index (χ1v) is 24.5. The fourth-order valence-electron chi connectivity index (χ4n) is 9.47. The molecule has 0 atom stereocenters. The summed E-state index contributed by atoms with van der Waals surface area (Å²) in [6.07, 6.45) is 4.13. The first-order valence-electron chi connectivity index (χ1n) is 24.5. The number of pyridine rings is 1. The number of hydrogen-bond acceptors (Lipinski definition) is 4. The third kappa shape index (κ3) is 9.87. The van der Waals surface area contributed by atoms with Crippen molar-refractivity contribution in [1.29, 1.82) is 0 Å². The number of ether oxygens (including phenoxy) is 1. The Morgan fingerprint density at radius 3 is 1.75 bits per heavy atom. The first-order chi connectivity index (χ1) is 33.3. The van der Waals surface area contributed by atoms with E-state index in [4.69, 9.17) is 9.72 Å². The molecule has 362 valence electrons. The molecule has 0 spiro atoms. The zero-order valence-corrected chi connectivity index (χ0v) is 45.1. The normalized spacial score (nSPS) is 13.4. The number of hydrogen-bond donors (Lipinski definition) is 0. The van der Waals surface area contributed by atoms with E-state index in [2.05, 4.69) is 273 Å². The Morgan fingerprint density at radius 2 is 1.11 bits per heavy atom. The second-order valence-corrected chi connectivity index (χ2v) is 22.4. The predicted molar refractivity (Wildman–Crippen MR) is 293 cm³/mol. The topological polar surface area (TPSA) is 33.5 Å². The zero-order valence-electron chi connectivity index (χ0n) is 42.8.